The monoisotopic (exact) mass is 293 g/mol. The van der Waals surface area contributed by atoms with Crippen LogP contribution in [-0.4, -0.2) is 65.1 Å². The second kappa shape index (κ2) is 4.79. The molecule has 1 atom stereocenters. The van der Waals surface area contributed by atoms with E-state index in [0.29, 0.717) is 11.7 Å². The quantitative estimate of drug-likeness (QED) is 0.822. The number of hydrogen-bond acceptors (Lipinski definition) is 5. The Balaban J connectivity index is 1.35. The number of nitrogens with zero attached hydrogens (tertiary/aromatic N) is 3. The van der Waals surface area contributed by atoms with Gasteiger partial charge in [0.15, 0.2) is 0 Å². The first-order valence-electron chi connectivity index (χ1n) is 7.31. The van der Waals surface area contributed by atoms with Crippen LogP contribution in [0.3, 0.4) is 0 Å². The minimum Gasteiger partial charge on any atom is -0.370 e. The lowest BCUT2D eigenvalue weighted by Crippen LogP contribution is -2.63. The molecule has 0 aliphatic carbocycles. The second-order valence-electron chi connectivity index (χ2n) is 6.13. The van der Waals surface area contributed by atoms with Crippen molar-refractivity contribution in [2.24, 2.45) is 0 Å². The molecule has 3 saturated heterocycles. The molecule has 1 unspecified atom stereocenters. The van der Waals surface area contributed by atoms with Crippen LogP contribution in [0.2, 0.25) is 0 Å². The molecule has 4 rings (SSSR count). The fourth-order valence-electron chi connectivity index (χ4n) is 3.65. The van der Waals surface area contributed by atoms with Gasteiger partial charge < -0.3 is 9.64 Å². The SMILES string of the molecule is O=C(c1cscn1)N1CC2(CC(N3CCCC3)CO2)C1. The van der Waals surface area contributed by atoms with E-state index in [1.165, 1.54) is 37.3 Å². The van der Waals surface area contributed by atoms with Crippen molar-refractivity contribution in [1.82, 2.24) is 14.8 Å². The van der Waals surface area contributed by atoms with Gasteiger partial charge in [-0.2, -0.15) is 0 Å². The van der Waals surface area contributed by atoms with Gasteiger partial charge in [-0.15, -0.1) is 11.3 Å². The third-order valence-electron chi connectivity index (χ3n) is 4.74. The van der Waals surface area contributed by atoms with Crippen LogP contribution < -0.4 is 0 Å². The smallest absolute Gasteiger partial charge is 0.273 e. The van der Waals surface area contributed by atoms with Gasteiger partial charge >= 0.3 is 0 Å². The van der Waals surface area contributed by atoms with E-state index in [2.05, 4.69) is 9.88 Å². The Morgan fingerprint density at radius 1 is 1.40 bits per heavy atom. The summed E-state index contributed by atoms with van der Waals surface area (Å²) in [6, 6.07) is 0.564. The molecule has 1 amide bonds. The van der Waals surface area contributed by atoms with Gasteiger partial charge in [-0.25, -0.2) is 4.98 Å². The summed E-state index contributed by atoms with van der Waals surface area (Å²) in [5.74, 6) is 0.0464. The van der Waals surface area contributed by atoms with E-state index in [9.17, 15) is 4.79 Å². The van der Waals surface area contributed by atoms with Crippen LogP contribution in [0.1, 0.15) is 29.8 Å². The zero-order chi connectivity index (χ0) is 13.6. The summed E-state index contributed by atoms with van der Waals surface area (Å²) in [7, 11) is 0. The lowest BCUT2D eigenvalue weighted by molar-refractivity contribution is -0.0951. The molecule has 0 N–H and O–H groups in total. The first kappa shape index (κ1) is 12.7. The van der Waals surface area contributed by atoms with Gasteiger partial charge in [0.1, 0.15) is 11.3 Å². The standard InChI is InChI=1S/C14H19N3O2S/c18-13(12-7-20-10-15-12)17-8-14(9-17)5-11(6-19-14)16-3-1-2-4-16/h7,10-11H,1-6,8-9H2. The minimum absolute atomic E-state index is 0.0464. The molecule has 0 bridgehead atoms. The number of amides is 1. The van der Waals surface area contributed by atoms with Crippen LogP contribution in [-0.2, 0) is 4.74 Å². The average Bonchev–Trinajstić information content (AvgIpc) is 3.14. The van der Waals surface area contributed by atoms with E-state index in [0.717, 1.165) is 26.1 Å². The molecule has 1 aromatic rings. The van der Waals surface area contributed by atoms with Gasteiger partial charge in [-0.3, -0.25) is 9.69 Å². The van der Waals surface area contributed by atoms with Gasteiger partial charge in [0, 0.05) is 11.4 Å². The molecule has 3 aliphatic rings. The average molecular weight is 293 g/mol. The number of thiazole rings is 1. The molecular formula is C14H19N3O2S. The number of aromatic nitrogens is 1. The molecule has 1 aromatic heterocycles. The Bertz CT molecular complexity index is 493. The van der Waals surface area contributed by atoms with Crippen molar-refractivity contribution >= 4 is 17.2 Å². The van der Waals surface area contributed by atoms with Gasteiger partial charge in [0.05, 0.1) is 25.2 Å². The number of ether oxygens (including phenoxy) is 1. The summed E-state index contributed by atoms with van der Waals surface area (Å²) in [5.41, 5.74) is 2.20. The van der Waals surface area contributed by atoms with Crippen molar-refractivity contribution in [1.29, 1.82) is 0 Å². The van der Waals surface area contributed by atoms with Crippen LogP contribution in [0.4, 0.5) is 0 Å². The van der Waals surface area contributed by atoms with Crippen molar-refractivity contribution in [3.63, 3.8) is 0 Å². The maximum Gasteiger partial charge on any atom is 0.273 e. The number of rotatable bonds is 2. The second-order valence-corrected chi connectivity index (χ2v) is 6.85. The van der Waals surface area contributed by atoms with Crippen LogP contribution >= 0.6 is 11.3 Å². The molecule has 108 valence electrons. The van der Waals surface area contributed by atoms with E-state index in [4.69, 9.17) is 4.74 Å². The van der Waals surface area contributed by atoms with Crippen LogP contribution in [0.25, 0.3) is 0 Å². The fraction of sp³-hybridized carbons (Fsp3) is 0.714. The zero-order valence-electron chi connectivity index (χ0n) is 11.5. The third-order valence-corrected chi connectivity index (χ3v) is 5.33. The number of hydrogen-bond donors (Lipinski definition) is 0. The molecule has 4 heterocycles. The highest BCUT2D eigenvalue weighted by atomic mass is 32.1. The molecule has 3 aliphatic heterocycles. The molecule has 6 heteroatoms. The Hall–Kier alpha value is -0.980. The number of carbonyl (C=O) groups is 1. The molecule has 3 fully saturated rings. The van der Waals surface area contributed by atoms with Crippen LogP contribution in [0.5, 0.6) is 0 Å². The van der Waals surface area contributed by atoms with Crippen molar-refractivity contribution < 1.29 is 9.53 Å². The highest BCUT2D eigenvalue weighted by molar-refractivity contribution is 7.07. The van der Waals surface area contributed by atoms with Crippen LogP contribution in [0.15, 0.2) is 10.9 Å². The lowest BCUT2D eigenvalue weighted by atomic mass is 9.89. The normalized spacial score (nSPS) is 29.0. The summed E-state index contributed by atoms with van der Waals surface area (Å²) in [6.07, 6.45) is 3.71. The largest absolute Gasteiger partial charge is 0.370 e. The Kier molecular flexibility index (Phi) is 3.05. The van der Waals surface area contributed by atoms with Crippen molar-refractivity contribution in [3.05, 3.63) is 16.6 Å². The Morgan fingerprint density at radius 2 is 2.20 bits per heavy atom. The molecule has 0 aromatic carbocycles. The lowest BCUT2D eigenvalue weighted by Gasteiger charge is -2.47. The molecular weight excluding hydrogens is 274 g/mol. The summed E-state index contributed by atoms with van der Waals surface area (Å²) in [6.45, 7) is 4.72. The summed E-state index contributed by atoms with van der Waals surface area (Å²) in [5, 5.41) is 1.82. The maximum atomic E-state index is 12.2. The Morgan fingerprint density at radius 3 is 2.90 bits per heavy atom. The third kappa shape index (κ3) is 2.06. The first-order chi connectivity index (χ1) is 9.76. The van der Waals surface area contributed by atoms with Crippen LogP contribution in [0, 0.1) is 0 Å². The topological polar surface area (TPSA) is 45.7 Å². The Labute approximate surface area is 122 Å². The van der Waals surface area contributed by atoms with E-state index < -0.39 is 0 Å². The molecule has 0 radical (unpaired) electrons. The zero-order valence-corrected chi connectivity index (χ0v) is 12.3. The molecule has 1 spiro atoms. The van der Waals surface area contributed by atoms with E-state index in [1.54, 1.807) is 5.51 Å². The minimum atomic E-state index is -0.0705. The fourth-order valence-corrected chi connectivity index (χ4v) is 4.18. The van der Waals surface area contributed by atoms with Crippen molar-refractivity contribution in [2.45, 2.75) is 30.9 Å². The van der Waals surface area contributed by atoms with Gasteiger partial charge in [-0.1, -0.05) is 0 Å². The molecule has 5 nitrogen and oxygen atoms in total. The summed E-state index contributed by atoms with van der Waals surface area (Å²) >= 11 is 1.46. The highest BCUT2D eigenvalue weighted by Gasteiger charge is 2.52. The van der Waals surface area contributed by atoms with E-state index >= 15 is 0 Å². The summed E-state index contributed by atoms with van der Waals surface area (Å²) < 4.78 is 6.05. The number of likely N-dealkylation sites (tertiary alicyclic amines) is 2. The predicted octanol–water partition coefficient (Wildman–Crippen LogP) is 1.22. The highest BCUT2D eigenvalue weighted by Crippen LogP contribution is 2.38. The predicted molar refractivity (Wildman–Crippen MR) is 75.9 cm³/mol. The molecule has 20 heavy (non-hydrogen) atoms. The van der Waals surface area contributed by atoms with Crippen molar-refractivity contribution in [2.75, 3.05) is 32.8 Å². The van der Waals surface area contributed by atoms with Gasteiger partial charge in [-0.05, 0) is 32.4 Å². The van der Waals surface area contributed by atoms with Crippen molar-refractivity contribution in [3.8, 4) is 0 Å². The van der Waals surface area contributed by atoms with Gasteiger partial charge in [0.25, 0.3) is 5.91 Å². The van der Waals surface area contributed by atoms with Gasteiger partial charge in [0.2, 0.25) is 0 Å². The molecule has 0 saturated carbocycles. The van der Waals surface area contributed by atoms with E-state index in [1.807, 2.05) is 10.3 Å². The maximum absolute atomic E-state index is 12.2. The number of carbonyl (C=O) groups excluding carboxylic acids is 1. The van der Waals surface area contributed by atoms with E-state index in [-0.39, 0.29) is 11.5 Å². The summed E-state index contributed by atoms with van der Waals surface area (Å²) in [4.78, 5) is 20.7. The first-order valence-corrected chi connectivity index (χ1v) is 8.26.